The fourth-order valence-electron chi connectivity index (χ4n) is 1.29. The highest BCUT2D eigenvalue weighted by atomic mass is 16.5. The van der Waals surface area contributed by atoms with Crippen LogP contribution >= 0.6 is 0 Å². The van der Waals surface area contributed by atoms with Crippen molar-refractivity contribution in [2.24, 2.45) is 0 Å². The summed E-state index contributed by atoms with van der Waals surface area (Å²) in [4.78, 5) is 19.3. The Hall–Kier alpha value is -2.37. The number of pyridine rings is 1. The monoisotopic (exact) mass is 218 g/mol. The Bertz CT molecular complexity index is 507. The molecule has 0 fully saturated rings. The second-order valence-electron chi connectivity index (χ2n) is 3.03. The standard InChI is InChI=1S/C10H10N4O2/c1-16-10(15)8-9(11)14(6-13-8)7-4-2-3-5-12-7/h2-6H,11H2,1H3. The van der Waals surface area contributed by atoms with Crippen LogP contribution in [-0.2, 0) is 4.74 Å². The van der Waals surface area contributed by atoms with Crippen LogP contribution < -0.4 is 5.73 Å². The predicted octanol–water partition coefficient (Wildman–Crippen LogP) is 0.636. The normalized spacial score (nSPS) is 10.1. The molecule has 0 aromatic carbocycles. The Balaban J connectivity index is 2.45. The van der Waals surface area contributed by atoms with Crippen molar-refractivity contribution in [3.63, 3.8) is 0 Å². The van der Waals surface area contributed by atoms with E-state index < -0.39 is 5.97 Å². The van der Waals surface area contributed by atoms with Gasteiger partial charge in [-0.3, -0.25) is 4.57 Å². The number of aromatic nitrogens is 3. The molecule has 2 aromatic rings. The summed E-state index contributed by atoms with van der Waals surface area (Å²) in [7, 11) is 1.28. The van der Waals surface area contributed by atoms with Crippen LogP contribution in [0, 0.1) is 0 Å². The third-order valence-electron chi connectivity index (χ3n) is 2.08. The SMILES string of the molecule is COC(=O)c1ncn(-c2ccccn2)c1N. The molecule has 82 valence electrons. The Labute approximate surface area is 91.7 Å². The van der Waals surface area contributed by atoms with Crippen molar-refractivity contribution in [1.29, 1.82) is 0 Å². The average Bonchev–Trinajstić information content (AvgIpc) is 2.71. The molecule has 0 bridgehead atoms. The van der Waals surface area contributed by atoms with E-state index in [4.69, 9.17) is 5.73 Å². The topological polar surface area (TPSA) is 83.0 Å². The highest BCUT2D eigenvalue weighted by Crippen LogP contribution is 2.15. The van der Waals surface area contributed by atoms with E-state index in [9.17, 15) is 4.79 Å². The zero-order valence-corrected chi connectivity index (χ0v) is 8.62. The van der Waals surface area contributed by atoms with Crippen molar-refractivity contribution in [3.05, 3.63) is 36.4 Å². The number of hydrogen-bond acceptors (Lipinski definition) is 5. The molecule has 2 rings (SSSR count). The van der Waals surface area contributed by atoms with Crippen LogP contribution in [-0.4, -0.2) is 27.6 Å². The quantitative estimate of drug-likeness (QED) is 0.748. The molecule has 0 unspecified atom stereocenters. The van der Waals surface area contributed by atoms with Gasteiger partial charge in [-0.05, 0) is 12.1 Å². The van der Waals surface area contributed by atoms with Crippen molar-refractivity contribution in [2.75, 3.05) is 12.8 Å². The van der Waals surface area contributed by atoms with Crippen LogP contribution in [0.25, 0.3) is 5.82 Å². The van der Waals surface area contributed by atoms with Gasteiger partial charge in [0.1, 0.15) is 18.0 Å². The van der Waals surface area contributed by atoms with Gasteiger partial charge in [-0.25, -0.2) is 14.8 Å². The zero-order valence-electron chi connectivity index (χ0n) is 8.62. The van der Waals surface area contributed by atoms with Gasteiger partial charge in [0.15, 0.2) is 5.69 Å². The first-order valence-electron chi connectivity index (χ1n) is 4.56. The lowest BCUT2D eigenvalue weighted by molar-refractivity contribution is 0.0596. The molecule has 2 N–H and O–H groups in total. The number of imidazole rings is 1. The van der Waals surface area contributed by atoms with Gasteiger partial charge in [0.05, 0.1) is 7.11 Å². The zero-order chi connectivity index (χ0) is 11.5. The van der Waals surface area contributed by atoms with Crippen molar-refractivity contribution in [1.82, 2.24) is 14.5 Å². The number of ether oxygens (including phenoxy) is 1. The van der Waals surface area contributed by atoms with Crippen LogP contribution in [0.4, 0.5) is 5.82 Å². The summed E-state index contributed by atoms with van der Waals surface area (Å²) < 4.78 is 6.07. The van der Waals surface area contributed by atoms with Crippen LogP contribution in [0.3, 0.4) is 0 Å². The molecule has 16 heavy (non-hydrogen) atoms. The first kappa shape index (κ1) is 10.2. The molecule has 0 aliphatic carbocycles. The lowest BCUT2D eigenvalue weighted by atomic mass is 10.4. The van der Waals surface area contributed by atoms with Crippen LogP contribution in [0.1, 0.15) is 10.5 Å². The minimum absolute atomic E-state index is 0.0909. The maximum atomic E-state index is 11.3. The average molecular weight is 218 g/mol. The molecule has 6 heteroatoms. The number of nitrogen functional groups attached to an aromatic ring is 1. The van der Waals surface area contributed by atoms with Crippen molar-refractivity contribution < 1.29 is 9.53 Å². The smallest absolute Gasteiger partial charge is 0.360 e. The molecule has 2 heterocycles. The van der Waals surface area contributed by atoms with Gasteiger partial charge in [0.2, 0.25) is 0 Å². The van der Waals surface area contributed by atoms with E-state index in [1.54, 1.807) is 18.3 Å². The molecule has 0 saturated carbocycles. The second kappa shape index (κ2) is 4.01. The highest BCUT2D eigenvalue weighted by Gasteiger charge is 2.16. The summed E-state index contributed by atoms with van der Waals surface area (Å²) in [6, 6.07) is 5.37. The van der Waals surface area contributed by atoms with E-state index in [2.05, 4.69) is 14.7 Å². The first-order chi connectivity index (χ1) is 7.74. The third-order valence-corrected chi connectivity index (χ3v) is 2.08. The van der Waals surface area contributed by atoms with Gasteiger partial charge in [-0.15, -0.1) is 0 Å². The number of rotatable bonds is 2. The molecular formula is C10H10N4O2. The summed E-state index contributed by atoms with van der Waals surface area (Å²) in [5, 5.41) is 0. The van der Waals surface area contributed by atoms with Gasteiger partial charge in [0.25, 0.3) is 0 Å². The van der Waals surface area contributed by atoms with E-state index in [1.165, 1.54) is 18.0 Å². The number of hydrogen-bond donors (Lipinski definition) is 1. The van der Waals surface area contributed by atoms with Crippen molar-refractivity contribution in [2.45, 2.75) is 0 Å². The fourth-order valence-corrected chi connectivity index (χ4v) is 1.29. The maximum absolute atomic E-state index is 11.3. The van der Waals surface area contributed by atoms with Crippen LogP contribution in [0.2, 0.25) is 0 Å². The maximum Gasteiger partial charge on any atom is 0.360 e. The fraction of sp³-hybridized carbons (Fsp3) is 0.100. The molecule has 2 aromatic heterocycles. The summed E-state index contributed by atoms with van der Waals surface area (Å²) in [5.74, 6) is 0.250. The Kier molecular flexibility index (Phi) is 2.55. The highest BCUT2D eigenvalue weighted by molar-refractivity contribution is 5.92. The molecule has 0 atom stereocenters. The minimum Gasteiger partial charge on any atom is -0.464 e. The third kappa shape index (κ3) is 1.60. The van der Waals surface area contributed by atoms with Gasteiger partial charge < -0.3 is 10.5 Å². The Morgan fingerprint density at radius 2 is 2.25 bits per heavy atom. The molecule has 0 saturated heterocycles. The molecule has 6 nitrogen and oxygen atoms in total. The molecule has 0 aliphatic heterocycles. The first-order valence-corrected chi connectivity index (χ1v) is 4.56. The number of methoxy groups -OCH3 is 1. The number of carbonyl (C=O) groups excluding carboxylic acids is 1. The van der Waals surface area contributed by atoms with E-state index in [0.29, 0.717) is 5.82 Å². The van der Waals surface area contributed by atoms with Crippen LogP contribution in [0.15, 0.2) is 30.7 Å². The van der Waals surface area contributed by atoms with Crippen molar-refractivity contribution in [3.8, 4) is 5.82 Å². The van der Waals surface area contributed by atoms with E-state index in [-0.39, 0.29) is 11.5 Å². The number of anilines is 1. The summed E-state index contributed by atoms with van der Waals surface area (Å²) in [6.07, 6.45) is 3.07. The van der Waals surface area contributed by atoms with Gasteiger partial charge in [0, 0.05) is 6.20 Å². The Morgan fingerprint density at radius 3 is 2.88 bits per heavy atom. The lowest BCUT2D eigenvalue weighted by Crippen LogP contribution is -2.08. The minimum atomic E-state index is -0.563. The second-order valence-corrected chi connectivity index (χ2v) is 3.03. The number of esters is 1. The summed E-state index contributed by atoms with van der Waals surface area (Å²) in [6.45, 7) is 0. The molecule has 0 amide bonds. The number of carbonyl (C=O) groups is 1. The number of nitrogens with zero attached hydrogens (tertiary/aromatic N) is 3. The van der Waals surface area contributed by atoms with E-state index >= 15 is 0 Å². The largest absolute Gasteiger partial charge is 0.464 e. The molecule has 0 radical (unpaired) electrons. The van der Waals surface area contributed by atoms with E-state index in [0.717, 1.165) is 0 Å². The predicted molar refractivity (Wildman–Crippen MR) is 57.1 cm³/mol. The van der Waals surface area contributed by atoms with E-state index in [1.807, 2.05) is 6.07 Å². The molecule has 0 spiro atoms. The number of nitrogens with two attached hydrogens (primary N) is 1. The Morgan fingerprint density at radius 1 is 1.44 bits per heavy atom. The summed E-state index contributed by atoms with van der Waals surface area (Å²) >= 11 is 0. The van der Waals surface area contributed by atoms with Crippen molar-refractivity contribution >= 4 is 11.8 Å². The van der Waals surface area contributed by atoms with Gasteiger partial charge in [-0.2, -0.15) is 0 Å². The van der Waals surface area contributed by atoms with Gasteiger partial charge in [-0.1, -0.05) is 6.07 Å². The summed E-state index contributed by atoms with van der Waals surface area (Å²) in [5.41, 5.74) is 5.86. The van der Waals surface area contributed by atoms with Crippen LogP contribution in [0.5, 0.6) is 0 Å². The lowest BCUT2D eigenvalue weighted by Gasteiger charge is -2.03. The van der Waals surface area contributed by atoms with Gasteiger partial charge >= 0.3 is 5.97 Å². The molecule has 0 aliphatic rings. The molecular weight excluding hydrogens is 208 g/mol.